The van der Waals surface area contributed by atoms with Gasteiger partial charge in [0.2, 0.25) is 0 Å². The van der Waals surface area contributed by atoms with E-state index in [-0.39, 0.29) is 0 Å². The quantitative estimate of drug-likeness (QED) is 0.142. The second kappa shape index (κ2) is 10.6. The Bertz CT molecular complexity index is 9110. The summed E-state index contributed by atoms with van der Waals surface area (Å²) in [6.07, 6.45) is 0. The van der Waals surface area contributed by atoms with Crippen molar-refractivity contribution in [1.29, 1.82) is 0 Å². The minimum absolute atomic E-state index is 1.41. The Morgan fingerprint density at radius 2 is 0.167 bits per heavy atom. The molecule has 37 aromatic carbocycles. The second-order valence-corrected chi connectivity index (χ2v) is 31.9. The Balaban J connectivity index is 0.979. The maximum Gasteiger partial charge on any atom is -0.00000000300 e. The fourth-order valence-electron chi connectivity index (χ4n) is 27.1. The second-order valence-electron chi connectivity index (χ2n) is 31.9. The molecule has 0 amide bonds. The summed E-state index contributed by atoms with van der Waals surface area (Å²) in [6, 6.07) is 60.7. The third-order valence-electron chi connectivity index (χ3n) is 29.9. The fraction of sp³-hybridized carbons (Fsp3) is 0. The zero-order valence-electron chi connectivity index (χ0n) is 49.9. The summed E-state index contributed by atoms with van der Waals surface area (Å²) in [5.41, 5.74) is 0. The molecule has 0 fully saturated rings. The van der Waals surface area contributed by atoms with E-state index in [4.69, 9.17) is 0 Å². The van der Waals surface area contributed by atoms with Gasteiger partial charge < -0.3 is 0 Å². The van der Waals surface area contributed by atoms with Crippen molar-refractivity contribution in [3.05, 3.63) is 146 Å². The summed E-state index contributed by atoms with van der Waals surface area (Å²) in [4.78, 5) is 0. The summed E-state index contributed by atoms with van der Waals surface area (Å²) in [5.74, 6) is 0. The van der Waals surface area contributed by atoms with Gasteiger partial charge in [0.15, 0.2) is 0 Å². The lowest BCUT2D eigenvalue weighted by atomic mass is 9.64. The first-order valence-electron chi connectivity index (χ1n) is 34.9. The van der Waals surface area contributed by atoms with Gasteiger partial charge in [-0.25, -0.2) is 0 Å². The molecule has 0 aliphatic heterocycles. The lowest BCUT2D eigenvalue weighted by Gasteiger charge is -2.38. The number of fused-ring (bicyclic) bond motifs is 12. The van der Waals surface area contributed by atoms with Crippen molar-refractivity contribution >= 4 is 388 Å². The van der Waals surface area contributed by atoms with Crippen molar-refractivity contribution < 1.29 is 0 Å². The SMILES string of the molecule is c1cc2c3cc4c5cc6c7cccc8c9ccc%10c%11ccc%12c%13cccc%14c%15cc%16c%17cc%18c%19cccc%20c%21ccc%22c%23ccc%24c(c1)c2c3c1c4c5c(c6c78)c2c3c9c%10c3c3c4c5c%11c%12c5c5c(c%15c%14%13)c%16c%17c(c%18c%19%20)c6c7c%21c%22c7c(c7c8c%23c%24c8c1c1c2c3c71)c1c6c5c41. The van der Waals surface area contributed by atoms with Crippen LogP contribution < -0.4 is 0 Å². The van der Waals surface area contributed by atoms with Crippen LogP contribution in [0.15, 0.2) is 146 Å². The maximum absolute atomic E-state index is 2.66. The molecule has 0 atom stereocenters. The molecule has 0 aliphatic carbocycles. The van der Waals surface area contributed by atoms with E-state index < -0.39 is 0 Å². The molecule has 0 unspecified atom stereocenters. The van der Waals surface area contributed by atoms with E-state index >= 15 is 0 Å². The van der Waals surface area contributed by atoms with Gasteiger partial charge in [-0.05, 0) is 412 Å². The van der Waals surface area contributed by atoms with E-state index in [1.54, 1.807) is 64.6 Å². The molecule has 96 heavy (non-hydrogen) atoms. The maximum atomic E-state index is 2.66. The van der Waals surface area contributed by atoms with Crippen LogP contribution in [-0.2, 0) is 0 Å². The predicted octanol–water partition coefficient (Wildman–Crippen LogP) is 28.0. The Labute approximate surface area is 529 Å². The summed E-state index contributed by atoms with van der Waals surface area (Å²) in [7, 11) is 0. The molecule has 37 aromatic rings. The van der Waals surface area contributed by atoms with Crippen LogP contribution in [0.3, 0.4) is 0 Å². The van der Waals surface area contributed by atoms with Crippen LogP contribution in [-0.4, -0.2) is 0 Å². The standard InChI is InChI=1S/C96H24/c1-5-25-33-13-17-37-38-18-14-34-26-7-3-11-31-43-23-47-48-24-44-32-12-4-8-28-36-16-20-40-39-19-15-35-27-6-2-10-30-42-22-46-45-21-41-29(9-1)49(25)61(41)69-65(45)66(46)70(62(42)50(27)30)82-75-55(35)59(39)79(75)87-88-80-60(40)56(36)76(80)84-72(64(44)52(28)32)68(48)67(47)71(63(43)51(26)31)83-74-54(34)58(38)78(74)86(94-91(83)92(84)96(88)94)85-77-57(37)53(33)73(77)81(69)89-90(82)95(87)93(85)89/h1-24H. The highest BCUT2D eigenvalue weighted by atomic mass is 14.5. The Hall–Kier alpha value is -12.5. The average molecular weight is 1180 g/mol. The van der Waals surface area contributed by atoms with Crippen LogP contribution in [0.1, 0.15) is 0 Å². The van der Waals surface area contributed by atoms with E-state index in [1.165, 1.54) is 323 Å². The molecule has 0 saturated heterocycles. The van der Waals surface area contributed by atoms with E-state index in [0.717, 1.165) is 0 Å². The monoisotopic (exact) mass is 1180 g/mol. The van der Waals surface area contributed by atoms with Gasteiger partial charge in [-0.1, -0.05) is 121 Å². The van der Waals surface area contributed by atoms with Crippen molar-refractivity contribution in [1.82, 2.24) is 0 Å². The van der Waals surface area contributed by atoms with Crippen LogP contribution >= 0.6 is 0 Å². The molecular formula is C96H24. The lowest BCUT2D eigenvalue weighted by Crippen LogP contribution is -2.08. The van der Waals surface area contributed by atoms with Crippen LogP contribution in [0.25, 0.3) is 388 Å². The minimum Gasteiger partial charge on any atom is -0.0610 e. The Kier molecular flexibility index (Phi) is 4.39. The topological polar surface area (TPSA) is 0 Å². The van der Waals surface area contributed by atoms with Crippen molar-refractivity contribution in [2.75, 3.05) is 0 Å². The highest BCUT2D eigenvalue weighted by Crippen LogP contribution is 2.74. The minimum atomic E-state index is 1.41. The van der Waals surface area contributed by atoms with Gasteiger partial charge in [-0.2, -0.15) is 0 Å². The first-order chi connectivity index (χ1) is 47.8. The largest absolute Gasteiger partial charge is 0.0610 e. The molecule has 0 bridgehead atoms. The van der Waals surface area contributed by atoms with Crippen LogP contribution in [0.4, 0.5) is 0 Å². The van der Waals surface area contributed by atoms with Gasteiger partial charge in [-0.15, -0.1) is 0 Å². The molecule has 0 saturated carbocycles. The zero-order valence-corrected chi connectivity index (χ0v) is 49.9. The molecule has 37 rings (SSSR count). The average Bonchev–Trinajstić information content (AvgIpc) is 0.609. The smallest absolute Gasteiger partial charge is 0.00000000300 e. The number of rotatable bonds is 0. The zero-order chi connectivity index (χ0) is 58.5. The summed E-state index contributed by atoms with van der Waals surface area (Å²) >= 11 is 0. The Morgan fingerprint density at radius 3 is 0.333 bits per heavy atom. The van der Waals surface area contributed by atoms with E-state index in [9.17, 15) is 0 Å². The normalized spacial score (nSPS) is 15.5. The highest BCUT2D eigenvalue weighted by Gasteiger charge is 2.45. The highest BCUT2D eigenvalue weighted by molar-refractivity contribution is 6.77. The van der Waals surface area contributed by atoms with Gasteiger partial charge in [0.25, 0.3) is 0 Å². The van der Waals surface area contributed by atoms with Gasteiger partial charge in [0.05, 0.1) is 0 Å². The molecule has 0 aliphatic rings. The fourth-order valence-corrected chi connectivity index (χ4v) is 27.1. The predicted molar refractivity (Wildman–Crippen MR) is 419 cm³/mol. The van der Waals surface area contributed by atoms with Gasteiger partial charge in [-0.3, -0.25) is 0 Å². The summed E-state index contributed by atoms with van der Waals surface area (Å²) in [6.45, 7) is 0. The number of benzene rings is 16. The lowest BCUT2D eigenvalue weighted by molar-refractivity contribution is 1.84. The number of hydrogen-bond acceptors (Lipinski definition) is 0. The van der Waals surface area contributed by atoms with Crippen molar-refractivity contribution in [2.45, 2.75) is 0 Å². The third-order valence-corrected chi connectivity index (χ3v) is 29.9. The summed E-state index contributed by atoms with van der Waals surface area (Å²) < 4.78 is 0. The first kappa shape index (κ1) is 39.8. The summed E-state index contributed by atoms with van der Waals surface area (Å²) in [5, 5.41) is 107. The molecule has 0 spiro atoms. The van der Waals surface area contributed by atoms with Gasteiger partial charge in [0, 0.05) is 0 Å². The van der Waals surface area contributed by atoms with Crippen molar-refractivity contribution in [2.24, 2.45) is 0 Å². The van der Waals surface area contributed by atoms with Crippen LogP contribution in [0.2, 0.25) is 0 Å². The molecule has 408 valence electrons. The first-order valence-corrected chi connectivity index (χ1v) is 34.9. The van der Waals surface area contributed by atoms with Gasteiger partial charge in [0.1, 0.15) is 0 Å². The van der Waals surface area contributed by atoms with Crippen molar-refractivity contribution in [3.8, 4) is 0 Å². The van der Waals surface area contributed by atoms with E-state index in [0.29, 0.717) is 0 Å². The molecule has 0 heterocycles. The molecule has 0 N–H and O–H groups in total. The molecule has 0 heteroatoms. The Morgan fingerprint density at radius 1 is 0.0729 bits per heavy atom. The van der Waals surface area contributed by atoms with Crippen LogP contribution in [0.5, 0.6) is 0 Å². The van der Waals surface area contributed by atoms with Crippen molar-refractivity contribution in [3.63, 3.8) is 0 Å². The van der Waals surface area contributed by atoms with E-state index in [2.05, 4.69) is 146 Å². The molecule has 0 radical (unpaired) electrons. The number of hydrogen-bond donors (Lipinski definition) is 0. The molecule has 0 aromatic heterocycles. The van der Waals surface area contributed by atoms with Gasteiger partial charge >= 0.3 is 0 Å². The molecular weight excluding hydrogens is 1150 g/mol. The van der Waals surface area contributed by atoms with Crippen LogP contribution in [0, 0.1) is 0 Å². The van der Waals surface area contributed by atoms with E-state index in [1.807, 2.05) is 0 Å². The molecule has 0 nitrogen and oxygen atoms in total. The third kappa shape index (κ3) is 2.84.